The standard InChI is InChI=1S/C16H13BrN2O3S2/c1-8-6-24-15-13(8)16(21)22-14(19-15)9(2)18-12(20)4-3-11-5-10(17)7-23-11/h3-7,9H,1-2H3,(H,18,20)/b4-3+. The van der Waals surface area contributed by atoms with Gasteiger partial charge < -0.3 is 9.73 Å². The van der Waals surface area contributed by atoms with E-state index in [1.165, 1.54) is 28.7 Å². The number of hydrogen-bond donors (Lipinski definition) is 1. The number of hydrogen-bond acceptors (Lipinski definition) is 6. The van der Waals surface area contributed by atoms with Crippen molar-refractivity contribution in [3.05, 3.63) is 54.1 Å². The van der Waals surface area contributed by atoms with Crippen molar-refractivity contribution in [3.8, 4) is 0 Å². The summed E-state index contributed by atoms with van der Waals surface area (Å²) in [6.45, 7) is 3.57. The molecule has 3 rings (SSSR count). The molecular formula is C16H13BrN2O3S2. The highest BCUT2D eigenvalue weighted by atomic mass is 79.9. The van der Waals surface area contributed by atoms with Crippen molar-refractivity contribution in [1.29, 1.82) is 0 Å². The van der Waals surface area contributed by atoms with Gasteiger partial charge in [0.2, 0.25) is 11.8 Å². The summed E-state index contributed by atoms with van der Waals surface area (Å²) in [7, 11) is 0. The Morgan fingerprint density at radius 1 is 1.42 bits per heavy atom. The largest absolute Gasteiger partial charge is 0.406 e. The highest BCUT2D eigenvalue weighted by Crippen LogP contribution is 2.22. The molecule has 124 valence electrons. The van der Waals surface area contributed by atoms with Gasteiger partial charge in [0.15, 0.2) is 0 Å². The van der Waals surface area contributed by atoms with Crippen molar-refractivity contribution in [2.75, 3.05) is 0 Å². The summed E-state index contributed by atoms with van der Waals surface area (Å²) < 4.78 is 6.23. The van der Waals surface area contributed by atoms with Crippen molar-refractivity contribution < 1.29 is 9.21 Å². The number of aryl methyl sites for hydroxylation is 1. The van der Waals surface area contributed by atoms with E-state index in [9.17, 15) is 9.59 Å². The highest BCUT2D eigenvalue weighted by Gasteiger charge is 2.16. The second kappa shape index (κ2) is 7.00. The number of aromatic nitrogens is 1. The van der Waals surface area contributed by atoms with E-state index in [-0.39, 0.29) is 11.8 Å². The topological polar surface area (TPSA) is 72.2 Å². The molecule has 1 unspecified atom stereocenters. The van der Waals surface area contributed by atoms with Crippen LogP contribution in [0.25, 0.3) is 16.3 Å². The quantitative estimate of drug-likeness (QED) is 0.634. The maximum atomic E-state index is 12.1. The molecule has 5 nitrogen and oxygen atoms in total. The van der Waals surface area contributed by atoms with E-state index in [0.717, 1.165) is 14.9 Å². The molecule has 1 N–H and O–H groups in total. The molecule has 0 saturated carbocycles. The van der Waals surface area contributed by atoms with E-state index >= 15 is 0 Å². The van der Waals surface area contributed by atoms with Gasteiger partial charge in [0, 0.05) is 20.8 Å². The lowest BCUT2D eigenvalue weighted by Crippen LogP contribution is -2.26. The lowest BCUT2D eigenvalue weighted by molar-refractivity contribution is -0.117. The third-order valence-corrected chi connectivity index (χ3v) is 5.93. The van der Waals surface area contributed by atoms with Gasteiger partial charge >= 0.3 is 5.63 Å². The third-order valence-electron chi connectivity index (χ3n) is 3.28. The monoisotopic (exact) mass is 424 g/mol. The number of halogens is 1. The molecular weight excluding hydrogens is 412 g/mol. The molecule has 3 heterocycles. The van der Waals surface area contributed by atoms with Gasteiger partial charge in [-0.1, -0.05) is 0 Å². The van der Waals surface area contributed by atoms with Gasteiger partial charge in [-0.2, -0.15) is 0 Å². The fraction of sp³-hybridized carbons (Fsp3) is 0.188. The fourth-order valence-corrected chi connectivity index (χ4v) is 4.36. The fourth-order valence-electron chi connectivity index (χ4n) is 2.11. The highest BCUT2D eigenvalue weighted by molar-refractivity contribution is 9.10. The molecule has 0 bridgehead atoms. The van der Waals surface area contributed by atoms with Crippen LogP contribution in [0.15, 0.2) is 36.6 Å². The molecule has 3 aromatic rings. The Morgan fingerprint density at radius 3 is 2.92 bits per heavy atom. The zero-order valence-electron chi connectivity index (χ0n) is 12.8. The van der Waals surface area contributed by atoms with Crippen LogP contribution in [0.1, 0.15) is 29.3 Å². The van der Waals surface area contributed by atoms with Crippen molar-refractivity contribution in [2.45, 2.75) is 19.9 Å². The summed E-state index contributed by atoms with van der Waals surface area (Å²) in [6, 6.07) is 1.42. The normalized spacial score (nSPS) is 12.8. The summed E-state index contributed by atoms with van der Waals surface area (Å²) in [5.41, 5.74) is 0.429. The Hall–Kier alpha value is -1.77. The summed E-state index contributed by atoms with van der Waals surface area (Å²) in [5, 5.41) is 7.06. The Kier molecular flexibility index (Phi) is 4.98. The van der Waals surface area contributed by atoms with Gasteiger partial charge in [-0.05, 0) is 52.9 Å². The smallest absolute Gasteiger partial charge is 0.348 e. The van der Waals surface area contributed by atoms with Gasteiger partial charge in [-0.15, -0.1) is 22.7 Å². The Bertz CT molecular complexity index is 987. The van der Waals surface area contributed by atoms with Gasteiger partial charge in [-0.3, -0.25) is 4.79 Å². The van der Waals surface area contributed by atoms with Crippen LogP contribution in [0.2, 0.25) is 0 Å². The minimum absolute atomic E-state index is 0.204. The van der Waals surface area contributed by atoms with Crippen LogP contribution in [0.4, 0.5) is 0 Å². The van der Waals surface area contributed by atoms with Crippen molar-refractivity contribution in [2.24, 2.45) is 0 Å². The second-order valence-electron chi connectivity index (χ2n) is 5.17. The van der Waals surface area contributed by atoms with Crippen molar-refractivity contribution in [3.63, 3.8) is 0 Å². The first-order valence-electron chi connectivity index (χ1n) is 7.05. The Morgan fingerprint density at radius 2 is 2.21 bits per heavy atom. The van der Waals surface area contributed by atoms with Gasteiger partial charge in [-0.25, -0.2) is 9.78 Å². The number of rotatable bonds is 4. The van der Waals surface area contributed by atoms with E-state index in [0.29, 0.717) is 10.2 Å². The van der Waals surface area contributed by atoms with E-state index < -0.39 is 11.7 Å². The number of carbonyl (C=O) groups excluding carboxylic acids is 1. The molecule has 0 radical (unpaired) electrons. The number of amides is 1. The molecule has 0 aliphatic carbocycles. The molecule has 0 spiro atoms. The average Bonchev–Trinajstić information content (AvgIpc) is 3.11. The SMILES string of the molecule is Cc1csc2nc(C(C)NC(=O)/C=C/c3cc(Br)cs3)oc(=O)c12. The predicted molar refractivity (Wildman–Crippen MR) is 101 cm³/mol. The summed E-state index contributed by atoms with van der Waals surface area (Å²) >= 11 is 6.28. The molecule has 0 aliphatic heterocycles. The van der Waals surface area contributed by atoms with Crippen LogP contribution in [0, 0.1) is 6.92 Å². The molecule has 0 saturated heterocycles. The van der Waals surface area contributed by atoms with Crippen molar-refractivity contribution >= 4 is 60.8 Å². The summed E-state index contributed by atoms with van der Waals surface area (Å²) in [6.07, 6.45) is 3.17. The first kappa shape index (κ1) is 17.1. The molecule has 8 heteroatoms. The zero-order valence-corrected chi connectivity index (χ0v) is 16.0. The first-order chi connectivity index (χ1) is 11.4. The minimum Gasteiger partial charge on any atom is -0.406 e. The van der Waals surface area contributed by atoms with Crippen LogP contribution >= 0.6 is 38.6 Å². The van der Waals surface area contributed by atoms with E-state index in [2.05, 4.69) is 26.2 Å². The molecule has 3 aromatic heterocycles. The number of nitrogens with one attached hydrogen (secondary N) is 1. The maximum absolute atomic E-state index is 12.1. The van der Waals surface area contributed by atoms with Crippen LogP contribution in [-0.2, 0) is 4.79 Å². The number of fused-ring (bicyclic) bond motifs is 1. The van der Waals surface area contributed by atoms with Gasteiger partial charge in [0.1, 0.15) is 10.9 Å². The number of thiophene rings is 2. The molecule has 0 aromatic carbocycles. The Balaban J connectivity index is 1.74. The first-order valence-corrected chi connectivity index (χ1v) is 9.60. The van der Waals surface area contributed by atoms with Crippen LogP contribution in [0.5, 0.6) is 0 Å². The van der Waals surface area contributed by atoms with E-state index in [4.69, 9.17) is 4.42 Å². The van der Waals surface area contributed by atoms with Crippen LogP contribution < -0.4 is 10.9 Å². The van der Waals surface area contributed by atoms with E-state index in [1.54, 1.807) is 13.0 Å². The minimum atomic E-state index is -0.503. The third kappa shape index (κ3) is 3.66. The average molecular weight is 425 g/mol. The molecule has 24 heavy (non-hydrogen) atoms. The second-order valence-corrected chi connectivity index (χ2v) is 7.89. The van der Waals surface area contributed by atoms with E-state index in [1.807, 2.05) is 23.8 Å². The van der Waals surface area contributed by atoms with Crippen molar-refractivity contribution in [1.82, 2.24) is 10.3 Å². The lowest BCUT2D eigenvalue weighted by atomic mass is 10.2. The molecule has 0 fully saturated rings. The van der Waals surface area contributed by atoms with Gasteiger partial charge in [0.25, 0.3) is 0 Å². The van der Waals surface area contributed by atoms with Gasteiger partial charge in [0.05, 0.1) is 5.39 Å². The van der Waals surface area contributed by atoms with Crippen LogP contribution in [-0.4, -0.2) is 10.9 Å². The molecule has 1 atom stereocenters. The van der Waals surface area contributed by atoms with Crippen LogP contribution in [0.3, 0.4) is 0 Å². The summed E-state index contributed by atoms with van der Waals surface area (Å²) in [5.74, 6) is -0.0751. The number of carbonyl (C=O) groups is 1. The Labute approximate surface area is 154 Å². The predicted octanol–water partition coefficient (Wildman–Crippen LogP) is 4.27. The molecule has 1 amide bonds. The summed E-state index contributed by atoms with van der Waals surface area (Å²) in [4.78, 5) is 30.0. The molecule has 0 aliphatic rings. The number of nitrogens with zero attached hydrogens (tertiary/aromatic N) is 1. The lowest BCUT2D eigenvalue weighted by Gasteiger charge is -2.10. The zero-order chi connectivity index (χ0) is 17.3. The maximum Gasteiger partial charge on any atom is 0.348 e.